The molecule has 0 aliphatic heterocycles. The molecule has 11 aromatic rings. The Kier molecular flexibility index (Phi) is 7.52. The van der Waals surface area contributed by atoms with Gasteiger partial charge in [-0.25, -0.2) is 9.97 Å². The molecule has 3 nitrogen and oxygen atoms in total. The predicted molar refractivity (Wildman–Crippen MR) is 253 cm³/mol. The molecule has 13 rings (SSSR count). The first-order chi connectivity index (χ1) is 30.7. The van der Waals surface area contributed by atoms with Gasteiger partial charge in [-0.15, -0.1) is 0 Å². The number of hydrogen-bond donors (Lipinski definition) is 0. The molecule has 0 bridgehead atoms. The number of nitrogens with zero attached hydrogens (tertiary/aromatic N) is 2. The quantitative estimate of drug-likeness (QED) is 0.174. The van der Waals surface area contributed by atoms with Crippen molar-refractivity contribution in [3.05, 3.63) is 241 Å². The minimum absolute atomic E-state index is 0.447. The molecule has 0 saturated carbocycles. The Morgan fingerprint density at radius 2 is 0.774 bits per heavy atom. The van der Waals surface area contributed by atoms with Gasteiger partial charge in [0.2, 0.25) is 0 Å². The highest BCUT2D eigenvalue weighted by Crippen LogP contribution is 2.63. The third-order valence-corrected chi connectivity index (χ3v) is 13.1. The fourth-order valence-electron chi connectivity index (χ4n) is 10.3. The Morgan fingerprint density at radius 3 is 1.44 bits per heavy atom. The Morgan fingerprint density at radius 1 is 0.290 bits per heavy atom. The SMILES string of the molecule is c1ccc(-c2cc(-c3ccc(-c4ccc(-c5ccc6c(c5)-c5cc7c(cc5C65c6ccccc6-c6ccccc65)oc5ccccc57)cc4)cc3)nc(-c3ccccc3)n2)cc1. The minimum Gasteiger partial charge on any atom is -0.456 e. The van der Waals surface area contributed by atoms with E-state index in [1.54, 1.807) is 0 Å². The normalized spacial score (nSPS) is 13.0. The monoisotopic (exact) mass is 788 g/mol. The summed E-state index contributed by atoms with van der Waals surface area (Å²) >= 11 is 0. The molecule has 0 atom stereocenters. The number of fused-ring (bicyclic) bond motifs is 13. The van der Waals surface area contributed by atoms with E-state index < -0.39 is 5.41 Å². The summed E-state index contributed by atoms with van der Waals surface area (Å²) < 4.78 is 6.56. The number of furan rings is 1. The average Bonchev–Trinajstić information content (AvgIpc) is 3.97. The van der Waals surface area contributed by atoms with E-state index >= 15 is 0 Å². The molecule has 2 aliphatic rings. The zero-order valence-corrected chi connectivity index (χ0v) is 33.6. The van der Waals surface area contributed by atoms with Crippen LogP contribution in [-0.2, 0) is 5.41 Å². The van der Waals surface area contributed by atoms with Gasteiger partial charge in [0.25, 0.3) is 0 Å². The Balaban J connectivity index is 0.888. The van der Waals surface area contributed by atoms with Crippen LogP contribution < -0.4 is 0 Å². The molecule has 288 valence electrons. The van der Waals surface area contributed by atoms with Gasteiger partial charge in [-0.05, 0) is 97.1 Å². The van der Waals surface area contributed by atoms with Crippen LogP contribution in [0.4, 0.5) is 0 Å². The van der Waals surface area contributed by atoms with Gasteiger partial charge in [-0.1, -0.05) is 188 Å². The lowest BCUT2D eigenvalue weighted by molar-refractivity contribution is 0.666. The molecule has 0 amide bonds. The van der Waals surface area contributed by atoms with Crippen molar-refractivity contribution in [2.45, 2.75) is 5.41 Å². The summed E-state index contributed by atoms with van der Waals surface area (Å²) in [4.78, 5) is 10.0. The van der Waals surface area contributed by atoms with E-state index in [0.29, 0.717) is 5.82 Å². The number of rotatable bonds is 5. The molecule has 0 radical (unpaired) electrons. The van der Waals surface area contributed by atoms with Gasteiger partial charge >= 0.3 is 0 Å². The molecule has 1 spiro atoms. The summed E-state index contributed by atoms with van der Waals surface area (Å²) in [7, 11) is 0. The van der Waals surface area contributed by atoms with Crippen LogP contribution in [-0.4, -0.2) is 9.97 Å². The van der Waals surface area contributed by atoms with Crippen LogP contribution in [0.25, 0.3) is 100 Å². The smallest absolute Gasteiger partial charge is 0.160 e. The van der Waals surface area contributed by atoms with Gasteiger partial charge in [0.1, 0.15) is 11.2 Å². The van der Waals surface area contributed by atoms with Crippen LogP contribution in [0.3, 0.4) is 0 Å². The molecule has 2 heterocycles. The molecule has 2 aromatic heterocycles. The van der Waals surface area contributed by atoms with Gasteiger partial charge in [0, 0.05) is 27.5 Å². The number of aromatic nitrogens is 2. The van der Waals surface area contributed by atoms with Crippen molar-refractivity contribution in [3.8, 4) is 78.4 Å². The van der Waals surface area contributed by atoms with Crippen molar-refractivity contribution in [1.29, 1.82) is 0 Å². The average molecular weight is 789 g/mol. The van der Waals surface area contributed by atoms with Crippen LogP contribution in [0.2, 0.25) is 0 Å². The molecule has 0 N–H and O–H groups in total. The van der Waals surface area contributed by atoms with E-state index in [0.717, 1.165) is 61.1 Å². The fraction of sp³-hybridized carbons (Fsp3) is 0.0169. The van der Waals surface area contributed by atoms with E-state index in [2.05, 4.69) is 176 Å². The van der Waals surface area contributed by atoms with Crippen molar-refractivity contribution < 1.29 is 4.42 Å². The first kappa shape index (κ1) is 34.7. The summed E-state index contributed by atoms with van der Waals surface area (Å²) in [5.41, 5.74) is 21.4. The summed E-state index contributed by atoms with van der Waals surface area (Å²) in [5.74, 6) is 0.716. The molecule has 0 unspecified atom stereocenters. The molecular weight excluding hydrogens is 753 g/mol. The molecule has 9 aromatic carbocycles. The molecule has 0 fully saturated rings. The van der Waals surface area contributed by atoms with E-state index in [1.165, 1.54) is 55.6 Å². The largest absolute Gasteiger partial charge is 0.456 e. The fourth-order valence-corrected chi connectivity index (χ4v) is 10.3. The van der Waals surface area contributed by atoms with Crippen molar-refractivity contribution in [2.24, 2.45) is 0 Å². The first-order valence-corrected chi connectivity index (χ1v) is 21.2. The highest BCUT2D eigenvalue weighted by atomic mass is 16.3. The van der Waals surface area contributed by atoms with E-state index in [4.69, 9.17) is 14.4 Å². The van der Waals surface area contributed by atoms with Gasteiger partial charge in [0.05, 0.1) is 16.8 Å². The number of para-hydroxylation sites is 1. The molecule has 2 aliphatic carbocycles. The molecule has 62 heavy (non-hydrogen) atoms. The van der Waals surface area contributed by atoms with E-state index in [9.17, 15) is 0 Å². The second kappa shape index (κ2) is 13.4. The maximum absolute atomic E-state index is 6.56. The first-order valence-electron chi connectivity index (χ1n) is 21.2. The summed E-state index contributed by atoms with van der Waals surface area (Å²) in [6, 6.07) is 78.5. The Bertz CT molecular complexity index is 3450. The van der Waals surface area contributed by atoms with Crippen LogP contribution in [0, 0.1) is 0 Å². The van der Waals surface area contributed by atoms with Crippen molar-refractivity contribution >= 4 is 21.9 Å². The van der Waals surface area contributed by atoms with Crippen LogP contribution in [0.15, 0.2) is 223 Å². The number of benzene rings is 9. The number of hydrogen-bond acceptors (Lipinski definition) is 3. The Labute approximate surface area is 359 Å². The zero-order valence-electron chi connectivity index (χ0n) is 33.6. The van der Waals surface area contributed by atoms with Crippen LogP contribution in [0.5, 0.6) is 0 Å². The lowest BCUT2D eigenvalue weighted by Crippen LogP contribution is -2.25. The highest BCUT2D eigenvalue weighted by molar-refractivity contribution is 6.09. The second-order valence-electron chi connectivity index (χ2n) is 16.4. The van der Waals surface area contributed by atoms with Gasteiger partial charge in [-0.3, -0.25) is 0 Å². The molecule has 3 heteroatoms. The summed E-state index contributed by atoms with van der Waals surface area (Å²) in [5, 5.41) is 2.29. The third kappa shape index (κ3) is 5.12. The molecular formula is C59H36N2O. The minimum atomic E-state index is -0.447. The van der Waals surface area contributed by atoms with Crippen molar-refractivity contribution in [3.63, 3.8) is 0 Å². The third-order valence-electron chi connectivity index (χ3n) is 13.1. The second-order valence-corrected chi connectivity index (χ2v) is 16.4. The lowest BCUT2D eigenvalue weighted by Gasteiger charge is -2.30. The molecule has 0 saturated heterocycles. The highest BCUT2D eigenvalue weighted by Gasteiger charge is 2.52. The van der Waals surface area contributed by atoms with Crippen LogP contribution in [0.1, 0.15) is 22.3 Å². The summed E-state index contributed by atoms with van der Waals surface area (Å²) in [6.45, 7) is 0. The summed E-state index contributed by atoms with van der Waals surface area (Å²) in [6.07, 6.45) is 0. The van der Waals surface area contributed by atoms with Crippen molar-refractivity contribution in [2.75, 3.05) is 0 Å². The standard InChI is InChI=1S/C59H36N2O/c1-3-13-40(14-4-1)54-36-55(61-58(60-54)42-15-5-2-6-16-42)41-29-27-38(28-30-41)37-23-25-39(26-24-37)43-31-32-52-47(33-43)48-34-49-46-19-9-12-22-56(46)62-57(49)35-53(48)59(52)50-20-10-7-17-44(50)45-18-8-11-21-51(45)59/h1-36H. The predicted octanol–water partition coefficient (Wildman–Crippen LogP) is 15.1. The Hall–Kier alpha value is -8.14. The van der Waals surface area contributed by atoms with Gasteiger partial charge in [0.15, 0.2) is 5.82 Å². The van der Waals surface area contributed by atoms with E-state index in [-0.39, 0.29) is 0 Å². The van der Waals surface area contributed by atoms with E-state index in [1.807, 2.05) is 42.5 Å². The van der Waals surface area contributed by atoms with Crippen molar-refractivity contribution in [1.82, 2.24) is 9.97 Å². The lowest BCUT2D eigenvalue weighted by atomic mass is 9.70. The maximum Gasteiger partial charge on any atom is 0.160 e. The zero-order chi connectivity index (χ0) is 40.8. The van der Waals surface area contributed by atoms with Crippen LogP contribution >= 0.6 is 0 Å². The van der Waals surface area contributed by atoms with Gasteiger partial charge < -0.3 is 4.42 Å². The maximum atomic E-state index is 6.56. The topological polar surface area (TPSA) is 38.9 Å². The van der Waals surface area contributed by atoms with Gasteiger partial charge in [-0.2, -0.15) is 0 Å².